The maximum absolute atomic E-state index is 6.59. The van der Waals surface area contributed by atoms with Crippen LogP contribution in [0.2, 0.25) is 65.5 Å². The van der Waals surface area contributed by atoms with Crippen LogP contribution in [0.25, 0.3) is 0 Å². The minimum Gasteiger partial charge on any atom is -0.437 e. The number of rotatable bonds is 17. The van der Waals surface area contributed by atoms with E-state index in [1.165, 1.54) is 0 Å². The van der Waals surface area contributed by atoms with Gasteiger partial charge in [-0.25, -0.2) is 0 Å². The second-order valence-corrected chi connectivity index (χ2v) is 27.7. The van der Waals surface area contributed by atoms with Crippen molar-refractivity contribution < 1.29 is 63.4 Å². The van der Waals surface area contributed by atoms with E-state index in [1.807, 2.05) is 6.55 Å². The van der Waals surface area contributed by atoms with Gasteiger partial charge < -0.3 is 30.7 Å². The molecule has 0 heterocycles. The van der Waals surface area contributed by atoms with E-state index in [2.05, 4.69) is 58.9 Å². The Labute approximate surface area is 231 Å². The Morgan fingerprint density at radius 3 is 1.66 bits per heavy atom. The van der Waals surface area contributed by atoms with Crippen molar-refractivity contribution in [2.45, 2.75) is 86.7 Å². The molecule has 13 heteroatoms. The fourth-order valence-corrected chi connectivity index (χ4v) is 21.4. The van der Waals surface area contributed by atoms with Crippen molar-refractivity contribution in [2.24, 2.45) is 0 Å². The van der Waals surface area contributed by atoms with Crippen molar-refractivity contribution in [2.75, 3.05) is 39.8 Å². The maximum Gasteiger partial charge on any atom is 0.360 e. The number of hydrogen-bond acceptors (Lipinski definition) is 7. The molecule has 2 radical (unpaired) electrons. The van der Waals surface area contributed by atoms with Crippen molar-refractivity contribution in [3.8, 4) is 0 Å². The predicted octanol–water partition coefficient (Wildman–Crippen LogP) is 5.49. The maximum atomic E-state index is 6.59. The molecule has 1 unspecified atom stereocenters. The molecule has 0 rings (SSSR count). The van der Waals surface area contributed by atoms with Crippen LogP contribution in [0.15, 0.2) is 0 Å². The summed E-state index contributed by atoms with van der Waals surface area (Å²) in [6.07, 6.45) is 1.33. The molecule has 0 aliphatic carbocycles. The van der Waals surface area contributed by atoms with Gasteiger partial charge in [0.05, 0.1) is 19.4 Å². The van der Waals surface area contributed by atoms with Gasteiger partial charge in [0.2, 0.25) is 0 Å². The molecule has 0 saturated carbocycles. The Balaban J connectivity index is -0.00000131. The van der Waals surface area contributed by atoms with Gasteiger partial charge in [-0.15, -0.1) is 0 Å². The van der Waals surface area contributed by atoms with Crippen molar-refractivity contribution in [3.63, 3.8) is 0 Å². The average Bonchev–Trinajstić information content (AvgIpc) is 2.44. The SMILES string of the molecule is C.C.COCCCOCCOC[Si](C)(O[Si](C)O[Si](C)(C)C)O[Si](C)(C)O[Si](C)(C)C.[Y]. The van der Waals surface area contributed by atoms with E-state index in [-0.39, 0.29) is 47.6 Å². The molecule has 194 valence electrons. The Bertz CT molecular complexity index is 451. The van der Waals surface area contributed by atoms with Gasteiger partial charge in [0.25, 0.3) is 0 Å². The first-order valence-corrected chi connectivity index (χ1v) is 24.3. The Morgan fingerprint density at radius 1 is 0.656 bits per heavy atom. The van der Waals surface area contributed by atoms with Gasteiger partial charge in [-0.2, -0.15) is 0 Å². The molecule has 7 nitrogen and oxygen atoms in total. The molecule has 0 bridgehead atoms. The third-order valence-electron chi connectivity index (χ3n) is 3.20. The Hall–Kier alpha value is 1.91. The van der Waals surface area contributed by atoms with Crippen LogP contribution >= 0.6 is 0 Å². The summed E-state index contributed by atoms with van der Waals surface area (Å²) in [5.41, 5.74) is 0. The summed E-state index contributed by atoms with van der Waals surface area (Å²) in [7, 11) is -8.09. The fraction of sp³-hybridized carbons (Fsp3) is 1.00. The molecule has 0 aromatic carbocycles. The van der Waals surface area contributed by atoms with E-state index in [0.29, 0.717) is 32.7 Å². The van der Waals surface area contributed by atoms with E-state index in [4.69, 9.17) is 30.7 Å². The summed E-state index contributed by atoms with van der Waals surface area (Å²) in [6.45, 7) is 23.8. The molecule has 32 heavy (non-hydrogen) atoms. The van der Waals surface area contributed by atoms with Crippen molar-refractivity contribution in [3.05, 3.63) is 0 Å². The molecule has 0 aliphatic heterocycles. The Kier molecular flexibility index (Phi) is 24.5. The van der Waals surface area contributed by atoms with E-state index in [1.54, 1.807) is 7.11 Å². The summed E-state index contributed by atoms with van der Waals surface area (Å²) in [4.78, 5) is 0. The van der Waals surface area contributed by atoms with Crippen LogP contribution in [0.4, 0.5) is 0 Å². The number of ether oxygens (including phenoxy) is 3. The molecular formula is C19H53O7Si5Y. The standard InChI is InChI=1S/C17H45O7Si5.2CH4.Y/c1-18-13-12-14-19-15-16-20-17-29(11,22-25(2)21-26(3,4)5)24-28(9,10)23-27(6,7)8;;;/h12-17H2,1-11H3;2*1H4;. The third kappa shape index (κ3) is 25.0. The van der Waals surface area contributed by atoms with Crippen LogP contribution in [-0.4, -0.2) is 82.8 Å². The quantitative estimate of drug-likeness (QED) is 0.157. The van der Waals surface area contributed by atoms with Crippen LogP contribution < -0.4 is 0 Å². The normalized spacial score (nSPS) is 14.2. The van der Waals surface area contributed by atoms with Gasteiger partial charge >= 0.3 is 26.4 Å². The summed E-state index contributed by atoms with van der Waals surface area (Å²) < 4.78 is 42.1. The van der Waals surface area contributed by atoms with Crippen LogP contribution in [-0.2, 0) is 63.4 Å². The summed E-state index contributed by atoms with van der Waals surface area (Å²) in [6, 6.07) is 0. The fourth-order valence-electron chi connectivity index (χ4n) is 2.90. The first-order valence-electron chi connectivity index (χ1n) is 10.3. The van der Waals surface area contributed by atoms with E-state index < -0.39 is 43.0 Å². The molecule has 0 N–H and O–H groups in total. The third-order valence-corrected chi connectivity index (χ3v) is 18.5. The van der Waals surface area contributed by atoms with E-state index in [9.17, 15) is 0 Å². The second-order valence-electron chi connectivity index (χ2n) is 9.67. The van der Waals surface area contributed by atoms with Crippen molar-refractivity contribution >= 4 is 43.0 Å². The predicted molar refractivity (Wildman–Crippen MR) is 143 cm³/mol. The first kappa shape index (κ1) is 41.1. The van der Waals surface area contributed by atoms with E-state index in [0.717, 1.165) is 6.42 Å². The minimum absolute atomic E-state index is 0. The molecule has 0 amide bonds. The first-order chi connectivity index (χ1) is 13.1. The smallest absolute Gasteiger partial charge is 0.360 e. The molecular weight excluding hydrogens is 570 g/mol. The van der Waals surface area contributed by atoms with Gasteiger partial charge in [0.1, 0.15) is 0 Å². The molecule has 0 aliphatic rings. The van der Waals surface area contributed by atoms with Crippen molar-refractivity contribution in [1.82, 2.24) is 0 Å². The van der Waals surface area contributed by atoms with Gasteiger partial charge in [-0.3, -0.25) is 0 Å². The Morgan fingerprint density at radius 2 is 1.19 bits per heavy atom. The molecule has 0 aromatic heterocycles. The van der Waals surface area contributed by atoms with Crippen LogP contribution in [0, 0.1) is 0 Å². The zero-order chi connectivity index (χ0) is 22.8. The largest absolute Gasteiger partial charge is 0.437 e. The van der Waals surface area contributed by atoms with Gasteiger partial charge in [0, 0.05) is 53.0 Å². The molecule has 1 atom stereocenters. The molecule has 0 spiro atoms. The zero-order valence-corrected chi connectivity index (χ0v) is 29.0. The van der Waals surface area contributed by atoms with Crippen LogP contribution in [0.5, 0.6) is 0 Å². The monoisotopic (exact) mass is 622 g/mol. The van der Waals surface area contributed by atoms with E-state index >= 15 is 0 Å². The second kappa shape index (κ2) is 19.1. The van der Waals surface area contributed by atoms with Gasteiger partial charge in [0.15, 0.2) is 16.6 Å². The summed E-state index contributed by atoms with van der Waals surface area (Å²) in [5, 5.41) is 0. The average molecular weight is 623 g/mol. The number of methoxy groups -OCH3 is 1. The minimum atomic E-state index is -2.62. The zero-order valence-electron chi connectivity index (χ0n) is 21.2. The summed E-state index contributed by atoms with van der Waals surface area (Å²) in [5.74, 6) is 0. The van der Waals surface area contributed by atoms with Crippen LogP contribution in [0.1, 0.15) is 21.3 Å². The number of hydrogen-bond donors (Lipinski definition) is 0. The summed E-state index contributed by atoms with van der Waals surface area (Å²) >= 11 is 0. The van der Waals surface area contributed by atoms with Gasteiger partial charge in [-0.1, -0.05) is 14.9 Å². The molecule has 0 saturated heterocycles. The van der Waals surface area contributed by atoms with Crippen molar-refractivity contribution in [1.29, 1.82) is 0 Å². The van der Waals surface area contributed by atoms with Crippen LogP contribution in [0.3, 0.4) is 0 Å². The van der Waals surface area contributed by atoms with Gasteiger partial charge in [-0.05, 0) is 71.9 Å². The molecule has 0 fully saturated rings. The topological polar surface area (TPSA) is 64.6 Å². The molecule has 0 aromatic rings.